The molecule has 0 aliphatic carbocycles. The minimum absolute atomic E-state index is 0.0307. The van der Waals surface area contributed by atoms with Crippen LogP contribution < -0.4 is 10.6 Å². The summed E-state index contributed by atoms with van der Waals surface area (Å²) in [6.07, 6.45) is 19.2. The van der Waals surface area contributed by atoms with Gasteiger partial charge >= 0.3 is 18.2 Å². The first kappa shape index (κ1) is 37.9. The molecule has 0 aromatic heterocycles. The number of alkyl carbamates (subject to hydrolysis) is 2. The Morgan fingerprint density at radius 3 is 1.48 bits per heavy atom. The molecule has 10 nitrogen and oxygen atoms in total. The molecule has 236 valence electrons. The Morgan fingerprint density at radius 1 is 0.675 bits per heavy atom. The number of rotatable bonds is 27. The molecule has 0 bridgehead atoms. The summed E-state index contributed by atoms with van der Waals surface area (Å²) >= 11 is 0. The zero-order chi connectivity index (χ0) is 29.9. The SMILES string of the molecule is CCCCCCCCCCCCCCCCCCNC(=O)OCC(COC(=O)NCC[N+](C)(C)CC(=O)O)OC. The molecule has 2 amide bonds. The number of carboxylic acids is 1. The summed E-state index contributed by atoms with van der Waals surface area (Å²) in [4.78, 5) is 34.6. The first-order chi connectivity index (χ1) is 19.2. The summed E-state index contributed by atoms with van der Waals surface area (Å²) in [5.74, 6) is -0.899. The van der Waals surface area contributed by atoms with Crippen LogP contribution in [0.15, 0.2) is 0 Å². The summed E-state index contributed by atoms with van der Waals surface area (Å²) in [5, 5.41) is 14.2. The second-order valence-electron chi connectivity index (χ2n) is 11.4. The molecular formula is C30H60N3O7+. The largest absolute Gasteiger partial charge is 0.477 e. The van der Waals surface area contributed by atoms with Crippen LogP contribution in [0.3, 0.4) is 0 Å². The number of aliphatic carboxylic acids is 1. The Bertz CT molecular complexity index is 647. The molecule has 0 saturated heterocycles. The van der Waals surface area contributed by atoms with E-state index in [1.807, 2.05) is 0 Å². The lowest BCUT2D eigenvalue weighted by Crippen LogP contribution is -2.48. The number of unbranched alkanes of at least 4 members (excludes halogenated alkanes) is 15. The second kappa shape index (κ2) is 25.9. The number of hydrogen-bond donors (Lipinski definition) is 3. The fraction of sp³-hybridized carbons (Fsp3) is 0.900. The van der Waals surface area contributed by atoms with Crippen LogP contribution >= 0.6 is 0 Å². The van der Waals surface area contributed by atoms with Crippen LogP contribution in [0.1, 0.15) is 110 Å². The number of amides is 2. The Balaban J connectivity index is 3.60. The lowest BCUT2D eigenvalue weighted by molar-refractivity contribution is -0.881. The highest BCUT2D eigenvalue weighted by atomic mass is 16.6. The minimum atomic E-state index is -0.899. The second-order valence-corrected chi connectivity index (χ2v) is 11.4. The van der Waals surface area contributed by atoms with Crippen LogP contribution in [-0.4, -0.2) is 94.4 Å². The molecule has 0 aromatic carbocycles. The van der Waals surface area contributed by atoms with Crippen LogP contribution in [0.4, 0.5) is 9.59 Å². The molecule has 0 saturated carbocycles. The van der Waals surface area contributed by atoms with Crippen molar-refractivity contribution in [3.63, 3.8) is 0 Å². The highest BCUT2D eigenvalue weighted by Gasteiger charge is 2.20. The van der Waals surface area contributed by atoms with Gasteiger partial charge in [-0.05, 0) is 6.42 Å². The maximum Gasteiger partial charge on any atom is 0.407 e. The molecule has 0 heterocycles. The number of carboxylic acid groups (broad SMARTS) is 1. The normalized spacial score (nSPS) is 12.1. The van der Waals surface area contributed by atoms with Gasteiger partial charge in [-0.3, -0.25) is 0 Å². The van der Waals surface area contributed by atoms with Crippen molar-refractivity contribution in [3.8, 4) is 0 Å². The van der Waals surface area contributed by atoms with Crippen molar-refractivity contribution in [2.24, 2.45) is 0 Å². The van der Waals surface area contributed by atoms with Crippen molar-refractivity contribution in [1.82, 2.24) is 10.6 Å². The maximum atomic E-state index is 11.9. The van der Waals surface area contributed by atoms with Gasteiger partial charge < -0.3 is 34.4 Å². The van der Waals surface area contributed by atoms with E-state index in [9.17, 15) is 14.4 Å². The van der Waals surface area contributed by atoms with E-state index in [4.69, 9.17) is 19.3 Å². The van der Waals surface area contributed by atoms with Crippen LogP contribution in [0.25, 0.3) is 0 Å². The molecule has 3 N–H and O–H groups in total. The number of nitrogens with zero attached hydrogens (tertiary/aromatic N) is 1. The summed E-state index contributed by atoms with van der Waals surface area (Å²) in [5.41, 5.74) is 0. The Hall–Kier alpha value is -2.07. The highest BCUT2D eigenvalue weighted by molar-refractivity contribution is 5.68. The van der Waals surface area contributed by atoms with Gasteiger partial charge in [-0.2, -0.15) is 0 Å². The van der Waals surface area contributed by atoms with Crippen molar-refractivity contribution in [3.05, 3.63) is 0 Å². The number of likely N-dealkylation sites (N-methyl/N-ethyl adjacent to an activating group) is 1. The smallest absolute Gasteiger partial charge is 0.407 e. The van der Waals surface area contributed by atoms with Crippen LogP contribution in [0, 0.1) is 0 Å². The molecule has 0 aromatic rings. The average Bonchev–Trinajstić information content (AvgIpc) is 2.89. The van der Waals surface area contributed by atoms with Crippen LogP contribution in [0.2, 0.25) is 0 Å². The topological polar surface area (TPSA) is 123 Å². The average molecular weight is 575 g/mol. The maximum absolute atomic E-state index is 11.9. The number of quaternary nitrogens is 1. The standard InChI is InChI=1S/C30H59N3O7/c1-5-6-7-8-9-10-11-12-13-14-15-16-17-18-19-20-21-31-29(36)39-25-27(38-4)26-40-30(37)32-22-23-33(2,3)24-28(34)35/h27H,5-26H2,1-4H3,(H2-,31,32,34,35,36,37)/p+1. The molecule has 0 fully saturated rings. The van der Waals surface area contributed by atoms with E-state index in [-0.39, 0.29) is 30.8 Å². The van der Waals surface area contributed by atoms with Gasteiger partial charge in [-0.1, -0.05) is 103 Å². The first-order valence-corrected chi connectivity index (χ1v) is 15.6. The molecule has 0 aliphatic rings. The third-order valence-electron chi connectivity index (χ3n) is 6.98. The monoisotopic (exact) mass is 574 g/mol. The number of ether oxygens (including phenoxy) is 3. The fourth-order valence-electron chi connectivity index (χ4n) is 4.39. The van der Waals surface area contributed by atoms with E-state index < -0.39 is 24.3 Å². The predicted molar refractivity (Wildman–Crippen MR) is 159 cm³/mol. The van der Waals surface area contributed by atoms with Crippen molar-refractivity contribution < 1.29 is 38.2 Å². The predicted octanol–water partition coefficient (Wildman–Crippen LogP) is 5.88. The van der Waals surface area contributed by atoms with E-state index >= 15 is 0 Å². The van der Waals surface area contributed by atoms with Crippen molar-refractivity contribution >= 4 is 18.2 Å². The van der Waals surface area contributed by atoms with Crippen molar-refractivity contribution in [2.75, 3.05) is 60.6 Å². The van der Waals surface area contributed by atoms with Crippen molar-refractivity contribution in [2.45, 2.75) is 116 Å². The third kappa shape index (κ3) is 26.2. The van der Waals surface area contributed by atoms with Gasteiger partial charge in [0, 0.05) is 13.7 Å². The fourth-order valence-corrected chi connectivity index (χ4v) is 4.39. The van der Waals surface area contributed by atoms with Crippen LogP contribution in [0.5, 0.6) is 0 Å². The number of carbonyl (C=O) groups excluding carboxylic acids is 2. The Kier molecular flexibility index (Phi) is 24.5. The molecule has 0 spiro atoms. The minimum Gasteiger partial charge on any atom is -0.477 e. The molecule has 10 heteroatoms. The quantitative estimate of drug-likeness (QED) is 0.0827. The molecule has 1 atom stereocenters. The molecule has 40 heavy (non-hydrogen) atoms. The molecule has 1 unspecified atom stereocenters. The van der Waals surface area contributed by atoms with Gasteiger partial charge in [0.25, 0.3) is 0 Å². The molecule has 0 aliphatic heterocycles. The number of carbonyl (C=O) groups is 3. The van der Waals surface area contributed by atoms with E-state index in [0.717, 1.165) is 12.8 Å². The summed E-state index contributed by atoms with van der Waals surface area (Å²) < 4.78 is 15.7. The number of nitrogens with one attached hydrogen (secondary N) is 2. The number of hydrogen-bond acceptors (Lipinski definition) is 6. The van der Waals surface area contributed by atoms with Gasteiger partial charge in [0.05, 0.1) is 27.2 Å². The molecule has 0 rings (SSSR count). The van der Waals surface area contributed by atoms with E-state index in [1.165, 1.54) is 97.0 Å². The van der Waals surface area contributed by atoms with Gasteiger partial charge in [-0.25, -0.2) is 14.4 Å². The van der Waals surface area contributed by atoms with E-state index in [0.29, 0.717) is 13.1 Å². The Morgan fingerprint density at radius 2 is 1.07 bits per heavy atom. The zero-order valence-corrected chi connectivity index (χ0v) is 26.0. The zero-order valence-electron chi connectivity index (χ0n) is 26.0. The van der Waals surface area contributed by atoms with Gasteiger partial charge in [0.1, 0.15) is 19.3 Å². The van der Waals surface area contributed by atoms with E-state index in [2.05, 4.69) is 17.6 Å². The summed E-state index contributed by atoms with van der Waals surface area (Å²) in [6.45, 7) is 3.42. The van der Waals surface area contributed by atoms with E-state index in [1.54, 1.807) is 14.1 Å². The number of methoxy groups -OCH3 is 1. The highest BCUT2D eigenvalue weighted by Crippen LogP contribution is 2.13. The lowest BCUT2D eigenvalue weighted by Gasteiger charge is -2.27. The van der Waals surface area contributed by atoms with Gasteiger partial charge in [0.2, 0.25) is 0 Å². The molecular weight excluding hydrogens is 514 g/mol. The Labute approximate surface area is 243 Å². The third-order valence-corrected chi connectivity index (χ3v) is 6.98. The molecule has 0 radical (unpaired) electrons. The van der Waals surface area contributed by atoms with Gasteiger partial charge in [0.15, 0.2) is 6.54 Å². The lowest BCUT2D eigenvalue weighted by atomic mass is 10.0. The summed E-state index contributed by atoms with van der Waals surface area (Å²) in [6, 6.07) is 0. The van der Waals surface area contributed by atoms with Gasteiger partial charge in [-0.15, -0.1) is 0 Å². The first-order valence-electron chi connectivity index (χ1n) is 15.6. The van der Waals surface area contributed by atoms with Crippen LogP contribution in [-0.2, 0) is 19.0 Å². The van der Waals surface area contributed by atoms with Crippen molar-refractivity contribution in [1.29, 1.82) is 0 Å². The summed E-state index contributed by atoms with van der Waals surface area (Å²) in [7, 11) is 4.99.